The van der Waals surface area contributed by atoms with Gasteiger partial charge in [-0.25, -0.2) is 4.79 Å². The zero-order chi connectivity index (χ0) is 22.3. The highest BCUT2D eigenvalue weighted by molar-refractivity contribution is 14.0. The lowest BCUT2D eigenvalue weighted by molar-refractivity contribution is 0.0490. The third-order valence-electron chi connectivity index (χ3n) is 5.78. The first-order chi connectivity index (χ1) is 14.8. The molecule has 0 spiro atoms. The number of ether oxygens (including phenoxy) is 2. The topological polar surface area (TPSA) is 84.0 Å². The van der Waals surface area contributed by atoms with Crippen molar-refractivity contribution < 1.29 is 14.3 Å². The van der Waals surface area contributed by atoms with Gasteiger partial charge < -0.3 is 25.4 Å². The van der Waals surface area contributed by atoms with E-state index < -0.39 is 5.60 Å². The molecule has 3 rings (SSSR count). The predicted molar refractivity (Wildman–Crippen MR) is 139 cm³/mol. The molecule has 2 fully saturated rings. The van der Waals surface area contributed by atoms with Gasteiger partial charge in [0, 0.05) is 31.2 Å². The van der Waals surface area contributed by atoms with Crippen LogP contribution in [0.15, 0.2) is 29.3 Å². The molecule has 1 aromatic carbocycles. The molecule has 32 heavy (non-hydrogen) atoms. The SMILES string of the molecule is CN=C(NCc1ccccc1OC1CCC1)NC1CCC(NC(=O)OC(C)(C)C)CC1.I. The van der Waals surface area contributed by atoms with Crippen LogP contribution in [-0.2, 0) is 11.3 Å². The first-order valence-electron chi connectivity index (χ1n) is 11.5. The Hall–Kier alpha value is -1.71. The molecule has 2 aliphatic rings. The van der Waals surface area contributed by atoms with Crippen molar-refractivity contribution in [1.82, 2.24) is 16.0 Å². The second kappa shape index (κ2) is 12.5. The molecule has 8 heteroatoms. The van der Waals surface area contributed by atoms with Gasteiger partial charge in [-0.3, -0.25) is 4.99 Å². The molecule has 3 N–H and O–H groups in total. The minimum absolute atomic E-state index is 0. The monoisotopic (exact) mass is 558 g/mol. The zero-order valence-electron chi connectivity index (χ0n) is 19.8. The minimum Gasteiger partial charge on any atom is -0.490 e. The zero-order valence-corrected chi connectivity index (χ0v) is 22.1. The molecule has 7 nitrogen and oxygen atoms in total. The molecule has 2 saturated carbocycles. The summed E-state index contributed by atoms with van der Waals surface area (Å²) in [5.41, 5.74) is 0.672. The van der Waals surface area contributed by atoms with E-state index in [-0.39, 0.29) is 36.1 Å². The molecule has 1 aromatic rings. The Morgan fingerprint density at radius 2 is 1.66 bits per heavy atom. The number of nitrogens with zero attached hydrogens (tertiary/aromatic N) is 1. The van der Waals surface area contributed by atoms with Crippen molar-refractivity contribution in [2.45, 2.75) is 96.1 Å². The second-order valence-corrected chi connectivity index (χ2v) is 9.54. The Bertz CT molecular complexity index is 754. The number of para-hydroxylation sites is 1. The van der Waals surface area contributed by atoms with Crippen molar-refractivity contribution in [3.63, 3.8) is 0 Å². The van der Waals surface area contributed by atoms with Crippen molar-refractivity contribution in [2.24, 2.45) is 4.99 Å². The summed E-state index contributed by atoms with van der Waals surface area (Å²) in [6, 6.07) is 8.71. The second-order valence-electron chi connectivity index (χ2n) is 9.54. The van der Waals surface area contributed by atoms with Crippen LogP contribution < -0.4 is 20.7 Å². The highest BCUT2D eigenvalue weighted by atomic mass is 127. The quantitative estimate of drug-likeness (QED) is 0.267. The maximum absolute atomic E-state index is 12.0. The first-order valence-corrected chi connectivity index (χ1v) is 11.5. The summed E-state index contributed by atoms with van der Waals surface area (Å²) in [6.07, 6.45) is 7.39. The Kier molecular flexibility index (Phi) is 10.4. The van der Waals surface area contributed by atoms with Gasteiger partial charge in [-0.05, 0) is 71.8 Å². The fourth-order valence-electron chi connectivity index (χ4n) is 3.86. The van der Waals surface area contributed by atoms with Gasteiger partial charge in [-0.15, -0.1) is 24.0 Å². The smallest absolute Gasteiger partial charge is 0.407 e. The van der Waals surface area contributed by atoms with Crippen LogP contribution >= 0.6 is 24.0 Å². The molecule has 2 aliphatic carbocycles. The van der Waals surface area contributed by atoms with E-state index in [1.807, 2.05) is 39.0 Å². The van der Waals surface area contributed by atoms with Crippen molar-refractivity contribution in [3.05, 3.63) is 29.8 Å². The molecular formula is C24H39IN4O3. The maximum atomic E-state index is 12.0. The number of nitrogens with one attached hydrogen (secondary N) is 3. The molecule has 1 amide bonds. The van der Waals surface area contributed by atoms with E-state index in [1.54, 1.807) is 7.05 Å². The molecule has 180 valence electrons. The van der Waals surface area contributed by atoms with Crippen molar-refractivity contribution in [3.8, 4) is 5.75 Å². The van der Waals surface area contributed by atoms with E-state index in [2.05, 4.69) is 27.0 Å². The van der Waals surface area contributed by atoms with Gasteiger partial charge in [0.1, 0.15) is 11.4 Å². The number of amides is 1. The first kappa shape index (κ1) is 26.5. The predicted octanol–water partition coefficient (Wildman–Crippen LogP) is 4.74. The van der Waals surface area contributed by atoms with Gasteiger partial charge in [0.25, 0.3) is 0 Å². The van der Waals surface area contributed by atoms with Crippen LogP contribution in [0.5, 0.6) is 5.75 Å². The Balaban J connectivity index is 0.00000363. The number of benzene rings is 1. The number of guanidine groups is 1. The molecule has 0 radical (unpaired) electrons. The van der Waals surface area contributed by atoms with Gasteiger partial charge in [0.15, 0.2) is 5.96 Å². The number of aliphatic imine (C=N–C) groups is 1. The number of rotatable bonds is 6. The minimum atomic E-state index is -0.470. The van der Waals surface area contributed by atoms with Crippen molar-refractivity contribution in [2.75, 3.05) is 7.05 Å². The van der Waals surface area contributed by atoms with Crippen LogP contribution in [0.4, 0.5) is 4.79 Å². The average Bonchev–Trinajstić information content (AvgIpc) is 2.68. The summed E-state index contributed by atoms with van der Waals surface area (Å²) in [5.74, 6) is 1.76. The van der Waals surface area contributed by atoms with E-state index in [0.29, 0.717) is 18.7 Å². The number of carbonyl (C=O) groups excluding carboxylic acids is 1. The lowest BCUT2D eigenvalue weighted by atomic mass is 9.91. The van der Waals surface area contributed by atoms with Crippen molar-refractivity contribution >= 4 is 36.0 Å². The van der Waals surface area contributed by atoms with E-state index in [9.17, 15) is 4.79 Å². The summed E-state index contributed by atoms with van der Waals surface area (Å²) < 4.78 is 11.5. The Morgan fingerprint density at radius 3 is 2.22 bits per heavy atom. The number of hydrogen-bond acceptors (Lipinski definition) is 4. The molecular weight excluding hydrogens is 519 g/mol. The van der Waals surface area contributed by atoms with Gasteiger partial charge >= 0.3 is 6.09 Å². The van der Waals surface area contributed by atoms with Crippen LogP contribution in [0, 0.1) is 0 Å². The molecule has 0 unspecified atom stereocenters. The van der Waals surface area contributed by atoms with Gasteiger partial charge in [0.05, 0.1) is 6.10 Å². The van der Waals surface area contributed by atoms with Crippen LogP contribution in [0.2, 0.25) is 0 Å². The van der Waals surface area contributed by atoms with Crippen molar-refractivity contribution in [1.29, 1.82) is 0 Å². The normalized spacial score (nSPS) is 21.6. The molecule has 0 aromatic heterocycles. The third-order valence-corrected chi connectivity index (χ3v) is 5.78. The van der Waals surface area contributed by atoms with Gasteiger partial charge in [-0.1, -0.05) is 18.2 Å². The fraction of sp³-hybridized carbons (Fsp3) is 0.667. The highest BCUT2D eigenvalue weighted by Gasteiger charge is 2.25. The van der Waals surface area contributed by atoms with E-state index >= 15 is 0 Å². The largest absolute Gasteiger partial charge is 0.490 e. The maximum Gasteiger partial charge on any atom is 0.407 e. The Morgan fingerprint density at radius 1 is 1.03 bits per heavy atom. The summed E-state index contributed by atoms with van der Waals surface area (Å²) in [5, 5.41) is 9.94. The van der Waals surface area contributed by atoms with Crippen LogP contribution in [0.25, 0.3) is 0 Å². The third kappa shape index (κ3) is 8.67. The van der Waals surface area contributed by atoms with Crippen LogP contribution in [-0.4, -0.2) is 42.9 Å². The number of carbonyl (C=O) groups is 1. The summed E-state index contributed by atoms with van der Waals surface area (Å²) in [7, 11) is 1.79. The van der Waals surface area contributed by atoms with E-state index in [4.69, 9.17) is 9.47 Å². The van der Waals surface area contributed by atoms with Crippen LogP contribution in [0.3, 0.4) is 0 Å². The van der Waals surface area contributed by atoms with E-state index in [0.717, 1.165) is 55.8 Å². The summed E-state index contributed by atoms with van der Waals surface area (Å²) in [4.78, 5) is 16.4. The number of halogens is 1. The molecule has 0 saturated heterocycles. The van der Waals surface area contributed by atoms with E-state index in [1.165, 1.54) is 6.42 Å². The number of hydrogen-bond donors (Lipinski definition) is 3. The lowest BCUT2D eigenvalue weighted by Gasteiger charge is -2.31. The molecule has 0 bridgehead atoms. The Labute approximate surface area is 209 Å². The van der Waals surface area contributed by atoms with Crippen LogP contribution in [0.1, 0.15) is 71.3 Å². The highest BCUT2D eigenvalue weighted by Crippen LogP contribution is 2.27. The molecule has 0 heterocycles. The number of alkyl carbamates (subject to hydrolysis) is 1. The standard InChI is InChI=1S/C24H38N4O3.HI/c1-24(2,3)31-23(29)28-19-14-12-18(13-15-19)27-22(25-4)26-16-17-8-5-6-11-21(17)30-20-9-7-10-20;/h5-6,8,11,18-20H,7,9-10,12-16H2,1-4H3,(H,28,29)(H2,25,26,27);1H. The molecule has 0 atom stereocenters. The van der Waals surface area contributed by atoms with Gasteiger partial charge in [0.2, 0.25) is 0 Å². The summed E-state index contributed by atoms with van der Waals surface area (Å²) in [6.45, 7) is 6.30. The summed E-state index contributed by atoms with van der Waals surface area (Å²) >= 11 is 0. The molecule has 0 aliphatic heterocycles. The van der Waals surface area contributed by atoms with Gasteiger partial charge in [-0.2, -0.15) is 0 Å². The lowest BCUT2D eigenvalue weighted by Crippen LogP contribution is -2.48. The fourth-order valence-corrected chi connectivity index (χ4v) is 3.86. The average molecular weight is 559 g/mol.